The second kappa shape index (κ2) is 5.71. The van der Waals surface area contributed by atoms with Gasteiger partial charge in [-0.3, -0.25) is 4.79 Å². The summed E-state index contributed by atoms with van der Waals surface area (Å²) >= 11 is 6.13. The average molecular weight is 322 g/mol. The Morgan fingerprint density at radius 3 is 2.52 bits per heavy atom. The van der Waals surface area contributed by atoms with E-state index in [4.69, 9.17) is 11.6 Å². The molecule has 0 bridgehead atoms. The predicted molar refractivity (Wildman–Crippen MR) is 93.9 cm³/mol. The molecule has 2 atom stereocenters. The van der Waals surface area contributed by atoms with E-state index in [1.807, 2.05) is 36.4 Å². The minimum atomic E-state index is -0.168. The minimum absolute atomic E-state index is 0.0882. The molecule has 1 heterocycles. The summed E-state index contributed by atoms with van der Waals surface area (Å²) in [6.07, 6.45) is 0. The van der Waals surface area contributed by atoms with Gasteiger partial charge >= 0.3 is 0 Å². The van der Waals surface area contributed by atoms with E-state index in [9.17, 15) is 4.79 Å². The maximum absolute atomic E-state index is 12.4. The lowest BCUT2D eigenvalue weighted by Crippen LogP contribution is -2.18. The molecule has 1 saturated heterocycles. The maximum atomic E-state index is 12.4. The van der Waals surface area contributed by atoms with E-state index in [1.165, 1.54) is 5.39 Å². The van der Waals surface area contributed by atoms with Crippen LogP contribution >= 0.6 is 11.6 Å². The molecule has 0 aromatic heterocycles. The van der Waals surface area contributed by atoms with Crippen molar-refractivity contribution >= 4 is 28.3 Å². The number of hydrogen-bond acceptors (Lipinski definition) is 1. The first-order valence-electron chi connectivity index (χ1n) is 7.74. The topological polar surface area (TPSA) is 29.1 Å². The second-order valence-electron chi connectivity index (χ2n) is 5.99. The van der Waals surface area contributed by atoms with Crippen molar-refractivity contribution in [3.63, 3.8) is 0 Å². The molecular formula is C20H16ClNO. The summed E-state index contributed by atoms with van der Waals surface area (Å²) in [4.78, 5) is 12.4. The molecule has 0 radical (unpaired) electrons. The van der Waals surface area contributed by atoms with Crippen molar-refractivity contribution in [2.24, 2.45) is 0 Å². The summed E-state index contributed by atoms with van der Waals surface area (Å²) in [6, 6.07) is 22.3. The van der Waals surface area contributed by atoms with E-state index in [0.29, 0.717) is 11.6 Å². The third-order valence-corrected chi connectivity index (χ3v) is 4.83. The number of halogens is 1. The van der Waals surface area contributed by atoms with Crippen LogP contribution in [-0.4, -0.2) is 12.5 Å². The zero-order chi connectivity index (χ0) is 15.8. The fraction of sp³-hybridized carbons (Fsp3) is 0.150. The largest absolute Gasteiger partial charge is 0.355 e. The third kappa shape index (κ3) is 2.60. The van der Waals surface area contributed by atoms with Crippen LogP contribution in [0.2, 0.25) is 5.02 Å². The lowest BCUT2D eigenvalue weighted by molar-refractivity contribution is -0.120. The van der Waals surface area contributed by atoms with Gasteiger partial charge in [-0.2, -0.15) is 0 Å². The molecule has 0 saturated carbocycles. The molecule has 0 spiro atoms. The Bertz CT molecular complexity index is 889. The summed E-state index contributed by atoms with van der Waals surface area (Å²) in [5.74, 6) is 0.0330. The Labute approximate surface area is 140 Å². The summed E-state index contributed by atoms with van der Waals surface area (Å²) < 4.78 is 0. The van der Waals surface area contributed by atoms with Gasteiger partial charge in [0.25, 0.3) is 0 Å². The summed E-state index contributed by atoms with van der Waals surface area (Å²) in [5.41, 5.74) is 2.16. The molecule has 23 heavy (non-hydrogen) atoms. The Hall–Kier alpha value is -2.32. The van der Waals surface area contributed by atoms with Crippen molar-refractivity contribution in [1.29, 1.82) is 0 Å². The second-order valence-corrected chi connectivity index (χ2v) is 6.43. The van der Waals surface area contributed by atoms with Gasteiger partial charge in [0.05, 0.1) is 5.92 Å². The van der Waals surface area contributed by atoms with Gasteiger partial charge in [-0.05, 0) is 34.0 Å². The van der Waals surface area contributed by atoms with Gasteiger partial charge in [-0.15, -0.1) is 0 Å². The lowest BCUT2D eigenvalue weighted by Gasteiger charge is -2.18. The Morgan fingerprint density at radius 1 is 0.870 bits per heavy atom. The fourth-order valence-corrected chi connectivity index (χ4v) is 3.65. The van der Waals surface area contributed by atoms with E-state index in [2.05, 4.69) is 35.6 Å². The SMILES string of the molecule is O=C1NCC(c2cccc(Cl)c2)C1c1ccc2ccccc2c1. The monoisotopic (exact) mass is 321 g/mol. The van der Waals surface area contributed by atoms with Crippen LogP contribution in [0.1, 0.15) is 23.0 Å². The molecule has 2 nitrogen and oxygen atoms in total. The van der Waals surface area contributed by atoms with Crippen LogP contribution in [0, 0.1) is 0 Å². The van der Waals surface area contributed by atoms with Crippen molar-refractivity contribution in [1.82, 2.24) is 5.32 Å². The number of amides is 1. The molecule has 1 aliphatic rings. The van der Waals surface area contributed by atoms with Crippen LogP contribution in [-0.2, 0) is 4.79 Å². The highest BCUT2D eigenvalue weighted by Gasteiger charge is 2.36. The van der Waals surface area contributed by atoms with Crippen LogP contribution in [0.3, 0.4) is 0 Å². The smallest absolute Gasteiger partial charge is 0.228 e. The van der Waals surface area contributed by atoms with Gasteiger partial charge in [0, 0.05) is 17.5 Å². The number of rotatable bonds is 2. The third-order valence-electron chi connectivity index (χ3n) is 4.59. The highest BCUT2D eigenvalue weighted by Crippen LogP contribution is 2.38. The van der Waals surface area contributed by atoms with Gasteiger partial charge in [-0.1, -0.05) is 66.2 Å². The number of hydrogen-bond donors (Lipinski definition) is 1. The van der Waals surface area contributed by atoms with Gasteiger partial charge in [0.2, 0.25) is 5.91 Å². The van der Waals surface area contributed by atoms with Gasteiger partial charge in [-0.25, -0.2) is 0 Å². The summed E-state index contributed by atoms with van der Waals surface area (Å²) in [6.45, 7) is 0.649. The molecule has 3 aromatic carbocycles. The number of fused-ring (bicyclic) bond motifs is 1. The zero-order valence-corrected chi connectivity index (χ0v) is 13.3. The molecule has 1 amide bonds. The highest BCUT2D eigenvalue weighted by atomic mass is 35.5. The van der Waals surface area contributed by atoms with Crippen LogP contribution in [0.25, 0.3) is 10.8 Å². The Morgan fingerprint density at radius 2 is 1.70 bits per heavy atom. The first-order chi connectivity index (χ1) is 11.2. The molecule has 3 heteroatoms. The quantitative estimate of drug-likeness (QED) is 0.740. The molecule has 1 N–H and O–H groups in total. The minimum Gasteiger partial charge on any atom is -0.355 e. The summed E-state index contributed by atoms with van der Waals surface area (Å²) in [7, 11) is 0. The van der Waals surface area contributed by atoms with Gasteiger partial charge < -0.3 is 5.32 Å². The normalized spacial score (nSPS) is 20.7. The molecule has 1 fully saturated rings. The van der Waals surface area contributed by atoms with E-state index in [0.717, 1.165) is 16.5 Å². The van der Waals surface area contributed by atoms with Gasteiger partial charge in [0.15, 0.2) is 0 Å². The van der Waals surface area contributed by atoms with Crippen molar-refractivity contribution in [3.8, 4) is 0 Å². The first-order valence-corrected chi connectivity index (χ1v) is 8.12. The molecule has 3 aromatic rings. The molecular weight excluding hydrogens is 306 g/mol. The van der Waals surface area contributed by atoms with Crippen LogP contribution in [0.5, 0.6) is 0 Å². The van der Waals surface area contributed by atoms with Crippen LogP contribution in [0.4, 0.5) is 0 Å². The number of nitrogens with one attached hydrogen (secondary N) is 1. The van der Waals surface area contributed by atoms with Crippen LogP contribution < -0.4 is 5.32 Å². The Balaban J connectivity index is 1.78. The van der Waals surface area contributed by atoms with E-state index in [-0.39, 0.29) is 17.7 Å². The highest BCUT2D eigenvalue weighted by molar-refractivity contribution is 6.30. The maximum Gasteiger partial charge on any atom is 0.228 e. The van der Waals surface area contributed by atoms with E-state index < -0.39 is 0 Å². The molecule has 114 valence electrons. The van der Waals surface area contributed by atoms with Gasteiger partial charge in [0.1, 0.15) is 0 Å². The van der Waals surface area contributed by atoms with Crippen molar-refractivity contribution in [2.75, 3.05) is 6.54 Å². The Kier molecular flexibility index (Phi) is 3.55. The number of carbonyl (C=O) groups is 1. The predicted octanol–water partition coefficient (Wildman–Crippen LogP) is 4.49. The van der Waals surface area contributed by atoms with E-state index in [1.54, 1.807) is 0 Å². The first kappa shape index (κ1) is 14.3. The molecule has 1 aliphatic heterocycles. The molecule has 2 unspecified atom stereocenters. The lowest BCUT2D eigenvalue weighted by atomic mass is 9.83. The molecule has 0 aliphatic carbocycles. The number of benzene rings is 3. The average Bonchev–Trinajstić information content (AvgIpc) is 2.96. The molecule has 4 rings (SSSR count). The van der Waals surface area contributed by atoms with E-state index >= 15 is 0 Å². The van der Waals surface area contributed by atoms with Crippen LogP contribution in [0.15, 0.2) is 66.7 Å². The number of carbonyl (C=O) groups excluding carboxylic acids is 1. The van der Waals surface area contributed by atoms with Crippen molar-refractivity contribution in [2.45, 2.75) is 11.8 Å². The fourth-order valence-electron chi connectivity index (χ4n) is 3.45. The van der Waals surface area contributed by atoms with Crippen molar-refractivity contribution in [3.05, 3.63) is 82.9 Å². The standard InChI is InChI=1S/C20H16ClNO/c21-17-7-3-6-15(11-17)18-12-22-20(23)19(18)16-9-8-13-4-1-2-5-14(13)10-16/h1-11,18-19H,12H2,(H,22,23). The zero-order valence-electron chi connectivity index (χ0n) is 12.5. The van der Waals surface area contributed by atoms with Crippen molar-refractivity contribution < 1.29 is 4.79 Å². The summed E-state index contributed by atoms with van der Waals surface area (Å²) in [5, 5.41) is 6.06.